The van der Waals surface area contributed by atoms with Gasteiger partial charge in [-0.1, -0.05) is 24.3 Å². The molecule has 1 amide bonds. The lowest BCUT2D eigenvalue weighted by molar-refractivity contribution is -0.154. The van der Waals surface area contributed by atoms with Gasteiger partial charge in [0.05, 0.1) is 12.5 Å². The maximum absolute atomic E-state index is 12.6. The number of aliphatic carboxylic acids is 1. The van der Waals surface area contributed by atoms with Gasteiger partial charge in [-0.15, -0.1) is 11.8 Å². The lowest BCUT2D eigenvalue weighted by Crippen LogP contribution is -2.45. The number of carboxylic acids is 1. The van der Waals surface area contributed by atoms with Crippen molar-refractivity contribution in [3.63, 3.8) is 0 Å². The molecule has 1 N–H and O–H groups in total. The zero-order valence-corrected chi connectivity index (χ0v) is 11.6. The van der Waals surface area contributed by atoms with Gasteiger partial charge in [-0.3, -0.25) is 4.79 Å². The molecule has 2 heterocycles. The van der Waals surface area contributed by atoms with Crippen LogP contribution in [0.4, 0.5) is 0 Å². The molecule has 1 saturated heterocycles. The minimum Gasteiger partial charge on any atom is -0.480 e. The SMILES string of the molecule is O=C(O)C1CSCN1C(=O)C1OCCc2ccccc21. The monoisotopic (exact) mass is 293 g/mol. The van der Waals surface area contributed by atoms with Gasteiger partial charge in [-0.05, 0) is 17.5 Å². The molecule has 106 valence electrons. The standard InChI is InChI=1S/C14H15NO4S/c16-13(15-8-20-7-11(15)14(17)18)12-10-4-2-1-3-9(10)5-6-19-12/h1-4,11-12H,5-8H2,(H,17,18). The predicted octanol–water partition coefficient (Wildman–Crippen LogP) is 1.29. The molecule has 5 nitrogen and oxygen atoms in total. The lowest BCUT2D eigenvalue weighted by atomic mass is 9.96. The Morgan fingerprint density at radius 3 is 2.95 bits per heavy atom. The summed E-state index contributed by atoms with van der Waals surface area (Å²) in [6.45, 7) is 0.492. The number of rotatable bonds is 2. The molecule has 2 aliphatic rings. The summed E-state index contributed by atoms with van der Waals surface area (Å²) in [5.41, 5.74) is 1.97. The maximum Gasteiger partial charge on any atom is 0.327 e. The fraction of sp³-hybridized carbons (Fsp3) is 0.429. The molecule has 0 aliphatic carbocycles. The molecule has 2 aliphatic heterocycles. The van der Waals surface area contributed by atoms with Crippen molar-refractivity contribution >= 4 is 23.6 Å². The van der Waals surface area contributed by atoms with Gasteiger partial charge in [0.1, 0.15) is 6.04 Å². The molecule has 1 aromatic carbocycles. The highest BCUT2D eigenvalue weighted by Crippen LogP contribution is 2.32. The second kappa shape index (κ2) is 5.46. The van der Waals surface area contributed by atoms with Crippen molar-refractivity contribution in [3.05, 3.63) is 35.4 Å². The molecule has 0 aromatic heterocycles. The number of fused-ring (bicyclic) bond motifs is 1. The summed E-state index contributed by atoms with van der Waals surface area (Å²) >= 11 is 1.46. The van der Waals surface area contributed by atoms with Crippen LogP contribution in [-0.4, -0.2) is 46.2 Å². The highest BCUT2D eigenvalue weighted by molar-refractivity contribution is 7.99. The third-order valence-corrected chi connectivity index (χ3v) is 4.68. The first-order chi connectivity index (χ1) is 9.68. The van der Waals surface area contributed by atoms with Gasteiger partial charge in [0.2, 0.25) is 0 Å². The first-order valence-corrected chi connectivity index (χ1v) is 7.64. The summed E-state index contributed by atoms with van der Waals surface area (Å²) in [6, 6.07) is 6.95. The van der Waals surface area contributed by atoms with Crippen molar-refractivity contribution in [1.82, 2.24) is 4.90 Å². The molecule has 6 heteroatoms. The van der Waals surface area contributed by atoms with E-state index in [1.165, 1.54) is 16.7 Å². The van der Waals surface area contributed by atoms with E-state index in [2.05, 4.69) is 0 Å². The van der Waals surface area contributed by atoms with E-state index < -0.39 is 18.1 Å². The van der Waals surface area contributed by atoms with Crippen LogP contribution in [0, 0.1) is 0 Å². The van der Waals surface area contributed by atoms with Gasteiger partial charge in [0.25, 0.3) is 5.91 Å². The molecule has 2 unspecified atom stereocenters. The van der Waals surface area contributed by atoms with E-state index in [4.69, 9.17) is 4.74 Å². The molecule has 3 rings (SSSR count). The Bertz CT molecular complexity index is 548. The summed E-state index contributed by atoms with van der Waals surface area (Å²) < 4.78 is 5.61. The third kappa shape index (κ3) is 2.29. The van der Waals surface area contributed by atoms with E-state index in [1.807, 2.05) is 24.3 Å². The van der Waals surface area contributed by atoms with E-state index >= 15 is 0 Å². The summed E-state index contributed by atoms with van der Waals surface area (Å²) in [5.74, 6) is -0.338. The maximum atomic E-state index is 12.6. The Morgan fingerprint density at radius 1 is 1.35 bits per heavy atom. The van der Waals surface area contributed by atoms with Gasteiger partial charge in [-0.2, -0.15) is 0 Å². The number of carboxylic acid groups (broad SMARTS) is 1. The smallest absolute Gasteiger partial charge is 0.327 e. The number of benzene rings is 1. The van der Waals surface area contributed by atoms with Crippen LogP contribution in [0.25, 0.3) is 0 Å². The Hall–Kier alpha value is -1.53. The van der Waals surface area contributed by atoms with E-state index in [0.29, 0.717) is 18.2 Å². The van der Waals surface area contributed by atoms with Crippen molar-refractivity contribution in [1.29, 1.82) is 0 Å². The molecule has 0 radical (unpaired) electrons. The van der Waals surface area contributed by atoms with Gasteiger partial charge in [-0.25, -0.2) is 4.79 Å². The molecule has 0 saturated carbocycles. The quantitative estimate of drug-likeness (QED) is 0.890. The number of carbonyl (C=O) groups is 2. The number of carbonyl (C=O) groups excluding carboxylic acids is 1. The number of ether oxygens (including phenoxy) is 1. The first-order valence-electron chi connectivity index (χ1n) is 6.49. The van der Waals surface area contributed by atoms with Gasteiger partial charge < -0.3 is 14.7 Å². The van der Waals surface area contributed by atoms with E-state index in [0.717, 1.165) is 17.5 Å². The van der Waals surface area contributed by atoms with Crippen LogP contribution in [0.5, 0.6) is 0 Å². The zero-order chi connectivity index (χ0) is 14.1. The minimum absolute atomic E-state index is 0.241. The second-order valence-electron chi connectivity index (χ2n) is 4.86. The van der Waals surface area contributed by atoms with E-state index in [1.54, 1.807) is 0 Å². The summed E-state index contributed by atoms with van der Waals surface area (Å²) in [4.78, 5) is 25.2. The largest absolute Gasteiger partial charge is 0.480 e. The van der Waals surface area contributed by atoms with Crippen LogP contribution in [0.2, 0.25) is 0 Å². The first kappa shape index (κ1) is 13.5. The fourth-order valence-electron chi connectivity index (χ4n) is 2.61. The van der Waals surface area contributed by atoms with Crippen molar-refractivity contribution in [3.8, 4) is 0 Å². The number of hydrogen-bond acceptors (Lipinski definition) is 4. The molecule has 0 spiro atoms. The highest BCUT2D eigenvalue weighted by atomic mass is 32.2. The number of hydrogen-bond donors (Lipinski definition) is 1. The van der Waals surface area contributed by atoms with Crippen LogP contribution >= 0.6 is 11.8 Å². The molecular weight excluding hydrogens is 278 g/mol. The summed E-state index contributed by atoms with van der Waals surface area (Å²) in [7, 11) is 0. The lowest BCUT2D eigenvalue weighted by Gasteiger charge is -2.30. The number of nitrogens with zero attached hydrogens (tertiary/aromatic N) is 1. The topological polar surface area (TPSA) is 66.8 Å². The minimum atomic E-state index is -0.951. The predicted molar refractivity (Wildman–Crippen MR) is 74.4 cm³/mol. The normalized spacial score (nSPS) is 25.3. The number of thioether (sulfide) groups is 1. The zero-order valence-electron chi connectivity index (χ0n) is 10.8. The van der Waals surface area contributed by atoms with E-state index in [-0.39, 0.29) is 5.91 Å². The number of amides is 1. The Labute approximate surface area is 120 Å². The van der Waals surface area contributed by atoms with Crippen LogP contribution < -0.4 is 0 Å². The van der Waals surface area contributed by atoms with Crippen molar-refractivity contribution in [2.75, 3.05) is 18.2 Å². The van der Waals surface area contributed by atoms with Crippen LogP contribution in [0.3, 0.4) is 0 Å². The van der Waals surface area contributed by atoms with E-state index in [9.17, 15) is 14.7 Å². The molecule has 20 heavy (non-hydrogen) atoms. The summed E-state index contributed by atoms with van der Waals surface area (Å²) in [6.07, 6.45) is 0.123. The molecule has 2 atom stereocenters. The second-order valence-corrected chi connectivity index (χ2v) is 5.86. The highest BCUT2D eigenvalue weighted by Gasteiger charge is 2.39. The van der Waals surface area contributed by atoms with Crippen LogP contribution in [-0.2, 0) is 20.7 Å². The van der Waals surface area contributed by atoms with Gasteiger partial charge in [0, 0.05) is 5.75 Å². The van der Waals surface area contributed by atoms with Gasteiger partial charge in [0.15, 0.2) is 6.10 Å². The molecular formula is C14H15NO4S. The third-order valence-electron chi connectivity index (χ3n) is 3.67. The molecule has 0 bridgehead atoms. The van der Waals surface area contributed by atoms with Crippen molar-refractivity contribution in [2.24, 2.45) is 0 Å². The Balaban J connectivity index is 1.87. The fourth-order valence-corrected chi connectivity index (χ4v) is 3.77. The van der Waals surface area contributed by atoms with Crippen molar-refractivity contribution in [2.45, 2.75) is 18.6 Å². The van der Waals surface area contributed by atoms with Gasteiger partial charge >= 0.3 is 5.97 Å². The average Bonchev–Trinajstić information content (AvgIpc) is 2.95. The van der Waals surface area contributed by atoms with Crippen LogP contribution in [0.1, 0.15) is 17.2 Å². The average molecular weight is 293 g/mol. The molecule has 1 aromatic rings. The van der Waals surface area contributed by atoms with Crippen molar-refractivity contribution < 1.29 is 19.4 Å². The molecule has 1 fully saturated rings. The van der Waals surface area contributed by atoms with Crippen LogP contribution in [0.15, 0.2) is 24.3 Å². The Morgan fingerprint density at radius 2 is 2.15 bits per heavy atom. The summed E-state index contributed by atoms with van der Waals surface area (Å²) in [5, 5.41) is 9.18. The Kier molecular flexibility index (Phi) is 3.67.